The molecule has 0 spiro atoms. The van der Waals surface area contributed by atoms with Crippen LogP contribution in [0.2, 0.25) is 0 Å². The maximum Gasteiger partial charge on any atom is 0.318 e. The third-order valence-electron chi connectivity index (χ3n) is 3.69. The Bertz CT molecular complexity index is 626. The maximum absolute atomic E-state index is 12.3. The van der Waals surface area contributed by atoms with Gasteiger partial charge in [-0.2, -0.15) is 0 Å². The number of hydrogen-bond acceptors (Lipinski definition) is 2. The van der Waals surface area contributed by atoms with Gasteiger partial charge in [0, 0.05) is 0 Å². The Morgan fingerprint density at radius 1 is 1.05 bits per heavy atom. The van der Waals surface area contributed by atoms with Gasteiger partial charge in [-0.05, 0) is 55.0 Å². The number of carbonyl (C=O) groups is 1. The van der Waals surface area contributed by atoms with Crippen molar-refractivity contribution in [1.29, 1.82) is 0 Å². The number of rotatable bonds is 5. The Morgan fingerprint density at radius 2 is 1.73 bits per heavy atom. The predicted molar refractivity (Wildman–Crippen MR) is 90.2 cm³/mol. The van der Waals surface area contributed by atoms with Gasteiger partial charge in [-0.15, -0.1) is 0 Å². The number of hydrogen-bond donors (Lipinski definition) is 0. The first-order chi connectivity index (χ1) is 10.5. The highest BCUT2D eigenvalue weighted by atomic mass is 16.5. The van der Waals surface area contributed by atoms with Crippen LogP contribution in [0, 0.1) is 12.8 Å². The third kappa shape index (κ3) is 4.45. The zero-order valence-corrected chi connectivity index (χ0v) is 13.8. The van der Waals surface area contributed by atoms with Crippen LogP contribution < -0.4 is 4.74 Å². The molecule has 0 saturated carbocycles. The van der Waals surface area contributed by atoms with Gasteiger partial charge in [0.1, 0.15) is 5.75 Å². The third-order valence-corrected chi connectivity index (χ3v) is 3.69. The minimum Gasteiger partial charge on any atom is -0.426 e. The monoisotopic (exact) mass is 296 g/mol. The van der Waals surface area contributed by atoms with E-state index in [4.69, 9.17) is 4.74 Å². The van der Waals surface area contributed by atoms with Crippen LogP contribution in [0.5, 0.6) is 5.75 Å². The van der Waals surface area contributed by atoms with E-state index < -0.39 is 0 Å². The fraction of sp³-hybridized carbons (Fsp3) is 0.350. The van der Waals surface area contributed by atoms with Gasteiger partial charge < -0.3 is 4.74 Å². The van der Waals surface area contributed by atoms with Crippen molar-refractivity contribution >= 4 is 5.97 Å². The first-order valence-electron chi connectivity index (χ1n) is 7.83. The lowest BCUT2D eigenvalue weighted by Gasteiger charge is -2.13. The number of esters is 1. The number of ether oxygens (including phenoxy) is 1. The summed E-state index contributed by atoms with van der Waals surface area (Å²) in [5.74, 6) is 0.749. The van der Waals surface area contributed by atoms with E-state index in [-0.39, 0.29) is 11.9 Å². The highest BCUT2D eigenvalue weighted by Crippen LogP contribution is 2.21. The molecule has 2 heteroatoms. The molecule has 0 aliphatic heterocycles. The highest BCUT2D eigenvalue weighted by Gasteiger charge is 2.17. The zero-order valence-electron chi connectivity index (χ0n) is 13.8. The molecule has 22 heavy (non-hydrogen) atoms. The lowest BCUT2D eigenvalue weighted by molar-refractivity contribution is -0.135. The summed E-state index contributed by atoms with van der Waals surface area (Å²) in [6, 6.07) is 15.8. The number of aryl methyl sites for hydroxylation is 1. The molecule has 0 radical (unpaired) electrons. The van der Waals surface area contributed by atoms with Crippen LogP contribution in [-0.4, -0.2) is 5.97 Å². The lowest BCUT2D eigenvalue weighted by Crippen LogP contribution is -2.16. The second kappa shape index (κ2) is 7.26. The minimum absolute atomic E-state index is 0.220. The molecule has 2 rings (SSSR count). The molecular weight excluding hydrogens is 272 g/mol. The van der Waals surface area contributed by atoms with Crippen molar-refractivity contribution in [2.24, 2.45) is 5.92 Å². The largest absolute Gasteiger partial charge is 0.426 e. The van der Waals surface area contributed by atoms with E-state index >= 15 is 0 Å². The van der Waals surface area contributed by atoms with Crippen molar-refractivity contribution < 1.29 is 9.53 Å². The zero-order chi connectivity index (χ0) is 16.1. The van der Waals surface area contributed by atoms with Gasteiger partial charge >= 0.3 is 5.97 Å². The van der Waals surface area contributed by atoms with E-state index in [2.05, 4.69) is 26.0 Å². The molecule has 0 fully saturated rings. The smallest absolute Gasteiger partial charge is 0.318 e. The van der Waals surface area contributed by atoms with Gasteiger partial charge in [0.05, 0.1) is 5.92 Å². The van der Waals surface area contributed by atoms with Crippen LogP contribution in [0.25, 0.3) is 0 Å². The second-order valence-corrected chi connectivity index (χ2v) is 6.30. The molecule has 0 bridgehead atoms. The van der Waals surface area contributed by atoms with Crippen LogP contribution in [0.3, 0.4) is 0 Å². The van der Waals surface area contributed by atoms with Gasteiger partial charge in [0.15, 0.2) is 0 Å². The molecule has 0 saturated heterocycles. The minimum atomic E-state index is -0.270. The van der Waals surface area contributed by atoms with Gasteiger partial charge in [-0.1, -0.05) is 50.2 Å². The summed E-state index contributed by atoms with van der Waals surface area (Å²) in [6.45, 7) is 8.27. The van der Waals surface area contributed by atoms with Gasteiger partial charge in [-0.3, -0.25) is 4.79 Å². The first-order valence-corrected chi connectivity index (χ1v) is 7.83. The fourth-order valence-corrected chi connectivity index (χ4v) is 2.43. The van der Waals surface area contributed by atoms with Crippen molar-refractivity contribution in [2.75, 3.05) is 0 Å². The van der Waals surface area contributed by atoms with E-state index in [0.717, 1.165) is 17.5 Å². The molecule has 0 aromatic heterocycles. The highest BCUT2D eigenvalue weighted by molar-refractivity contribution is 5.79. The average Bonchev–Trinajstić information content (AvgIpc) is 2.46. The summed E-state index contributed by atoms with van der Waals surface area (Å²) in [4.78, 5) is 12.3. The molecule has 0 N–H and O–H groups in total. The van der Waals surface area contributed by atoms with Crippen molar-refractivity contribution in [2.45, 2.75) is 40.0 Å². The van der Waals surface area contributed by atoms with Crippen molar-refractivity contribution in [3.8, 4) is 5.75 Å². The normalized spacial score (nSPS) is 12.2. The maximum atomic E-state index is 12.3. The Balaban J connectivity index is 2.03. The van der Waals surface area contributed by atoms with Gasteiger partial charge in [0.2, 0.25) is 0 Å². The van der Waals surface area contributed by atoms with Crippen LogP contribution in [-0.2, 0) is 11.2 Å². The SMILES string of the molecule is Cc1cccc(OC(=O)[C@@H](C)c2ccc(CC(C)C)cc2)c1. The molecule has 2 aromatic carbocycles. The Hall–Kier alpha value is -2.09. The fourth-order valence-electron chi connectivity index (χ4n) is 2.43. The summed E-state index contributed by atoms with van der Waals surface area (Å²) in [6.07, 6.45) is 1.06. The summed E-state index contributed by atoms with van der Waals surface area (Å²) >= 11 is 0. The van der Waals surface area contributed by atoms with E-state index in [1.807, 2.05) is 50.2 Å². The standard InChI is InChI=1S/C20H24O2/c1-14(2)12-17-8-10-18(11-9-17)16(4)20(21)22-19-7-5-6-15(3)13-19/h5-11,13-14,16H,12H2,1-4H3/t16-/m0/s1. The second-order valence-electron chi connectivity index (χ2n) is 6.30. The molecule has 116 valence electrons. The van der Waals surface area contributed by atoms with Gasteiger partial charge in [0.25, 0.3) is 0 Å². The van der Waals surface area contributed by atoms with Crippen molar-refractivity contribution in [1.82, 2.24) is 0 Å². The average molecular weight is 296 g/mol. The topological polar surface area (TPSA) is 26.3 Å². The van der Waals surface area contributed by atoms with Crippen molar-refractivity contribution in [3.05, 3.63) is 65.2 Å². The molecule has 2 aromatic rings. The molecule has 0 aliphatic rings. The molecule has 1 atom stereocenters. The number of benzene rings is 2. The summed E-state index contributed by atoms with van der Waals surface area (Å²) in [5.41, 5.74) is 3.37. The van der Waals surface area contributed by atoms with Crippen LogP contribution in [0.15, 0.2) is 48.5 Å². The number of carbonyl (C=O) groups excluding carboxylic acids is 1. The van der Waals surface area contributed by atoms with E-state index in [9.17, 15) is 4.79 Å². The Morgan fingerprint density at radius 3 is 2.32 bits per heavy atom. The predicted octanol–water partition coefficient (Wildman–Crippen LogP) is 4.90. The van der Waals surface area contributed by atoms with Gasteiger partial charge in [-0.25, -0.2) is 0 Å². The van der Waals surface area contributed by atoms with Crippen LogP contribution >= 0.6 is 0 Å². The van der Waals surface area contributed by atoms with E-state index in [1.165, 1.54) is 5.56 Å². The Labute approximate surface area is 133 Å². The van der Waals surface area contributed by atoms with Crippen LogP contribution in [0.4, 0.5) is 0 Å². The first kappa shape index (κ1) is 16.3. The quantitative estimate of drug-likeness (QED) is 0.579. The molecule has 2 nitrogen and oxygen atoms in total. The molecule has 0 unspecified atom stereocenters. The Kier molecular flexibility index (Phi) is 5.37. The summed E-state index contributed by atoms with van der Waals surface area (Å²) in [5, 5.41) is 0. The van der Waals surface area contributed by atoms with E-state index in [1.54, 1.807) is 0 Å². The lowest BCUT2D eigenvalue weighted by atomic mass is 9.97. The van der Waals surface area contributed by atoms with E-state index in [0.29, 0.717) is 11.7 Å². The van der Waals surface area contributed by atoms with Crippen LogP contribution in [0.1, 0.15) is 43.4 Å². The van der Waals surface area contributed by atoms with Crippen molar-refractivity contribution in [3.63, 3.8) is 0 Å². The molecular formula is C20H24O2. The molecule has 0 aliphatic carbocycles. The summed E-state index contributed by atoms with van der Waals surface area (Å²) < 4.78 is 5.47. The molecule has 0 heterocycles. The molecule has 0 amide bonds. The summed E-state index contributed by atoms with van der Waals surface area (Å²) in [7, 11) is 0.